The van der Waals surface area contributed by atoms with Gasteiger partial charge in [-0.15, -0.1) is 0 Å². The molecule has 1 amide bonds. The van der Waals surface area contributed by atoms with Crippen LogP contribution in [0.3, 0.4) is 0 Å². The molecule has 0 aliphatic carbocycles. The fourth-order valence-electron chi connectivity index (χ4n) is 0.297. The van der Waals surface area contributed by atoms with E-state index in [1.54, 1.807) is 0 Å². The third-order valence-corrected chi connectivity index (χ3v) is 0.783. The second-order valence-corrected chi connectivity index (χ2v) is 1.48. The van der Waals surface area contributed by atoms with Crippen LogP contribution in [-0.4, -0.2) is 27.7 Å². The van der Waals surface area contributed by atoms with Gasteiger partial charge in [0.25, 0.3) is 0 Å². The van der Waals surface area contributed by atoms with Crippen LogP contribution in [0.2, 0.25) is 0 Å². The van der Waals surface area contributed by atoms with Crippen molar-refractivity contribution in [1.82, 2.24) is 5.23 Å². The van der Waals surface area contributed by atoms with Crippen molar-refractivity contribution < 1.29 is 18.9 Å². The third kappa shape index (κ3) is 5.07. The van der Waals surface area contributed by atoms with Gasteiger partial charge in [-0.1, -0.05) is 6.58 Å². The van der Waals surface area contributed by atoms with Crippen LogP contribution in [0, 0.1) is 0 Å². The van der Waals surface area contributed by atoms with Gasteiger partial charge in [-0.05, 0) is 0 Å². The van der Waals surface area contributed by atoms with Crippen LogP contribution in [0.15, 0.2) is 12.7 Å². The summed E-state index contributed by atoms with van der Waals surface area (Å²) in [5.41, 5.74) is 0. The molecule has 0 aromatic rings. The van der Waals surface area contributed by atoms with Gasteiger partial charge in [-0.2, -0.15) is 0 Å². The van der Waals surface area contributed by atoms with Crippen molar-refractivity contribution in [2.24, 2.45) is 0 Å². The second-order valence-electron chi connectivity index (χ2n) is 1.48. The number of nitrogens with one attached hydrogen (secondary N) is 1. The number of hydrogen-bond acceptors (Lipinski definition) is 4. The number of amides is 1. The molecule has 0 saturated carbocycles. The number of rotatable bonds is 3. The van der Waals surface area contributed by atoms with Crippen LogP contribution in [-0.2, 0) is 14.1 Å². The molecule has 0 aliphatic rings. The normalized spacial score (nSPS) is 7.64. The van der Waals surface area contributed by atoms with E-state index >= 15 is 0 Å². The van der Waals surface area contributed by atoms with E-state index in [1.807, 2.05) is 0 Å². The summed E-state index contributed by atoms with van der Waals surface area (Å²) < 4.78 is 8.59. The van der Waals surface area contributed by atoms with E-state index in [0.717, 1.165) is 6.08 Å². The predicted octanol–water partition coefficient (Wildman–Crippen LogP) is -1.74. The van der Waals surface area contributed by atoms with Gasteiger partial charge in [0.05, 0.1) is 0 Å². The standard InChI is InChI=1S/C4H7B2NO4/c1-2-3(8)11-6-7-4(9)10-5/h2,6H,1,5H2,(H,7,9). The van der Waals surface area contributed by atoms with E-state index in [2.05, 4.69) is 21.1 Å². The lowest BCUT2D eigenvalue weighted by Crippen LogP contribution is -2.30. The Labute approximate surface area is 65.5 Å². The zero-order valence-corrected chi connectivity index (χ0v) is 6.12. The maximum absolute atomic E-state index is 10.3. The van der Waals surface area contributed by atoms with Gasteiger partial charge < -0.3 is 14.5 Å². The summed E-state index contributed by atoms with van der Waals surface area (Å²) in [5.74, 6) is -0.596. The van der Waals surface area contributed by atoms with Crippen molar-refractivity contribution in [3.63, 3.8) is 0 Å². The molecule has 0 fully saturated rings. The van der Waals surface area contributed by atoms with Gasteiger partial charge in [0, 0.05) is 6.08 Å². The average molecular weight is 155 g/mol. The Morgan fingerprint density at radius 1 is 1.64 bits per heavy atom. The summed E-state index contributed by atoms with van der Waals surface area (Å²) in [6, 6.07) is 0. The van der Waals surface area contributed by atoms with Crippen LogP contribution in [0.4, 0.5) is 4.79 Å². The first-order valence-electron chi connectivity index (χ1n) is 2.81. The molecule has 0 radical (unpaired) electrons. The molecule has 11 heavy (non-hydrogen) atoms. The van der Waals surface area contributed by atoms with Gasteiger partial charge in [-0.25, -0.2) is 9.59 Å². The van der Waals surface area contributed by atoms with Crippen molar-refractivity contribution in [1.29, 1.82) is 0 Å². The van der Waals surface area contributed by atoms with E-state index in [0.29, 0.717) is 0 Å². The molecule has 1 N–H and O–H groups in total. The minimum atomic E-state index is -0.651. The molecule has 0 rings (SSSR count). The summed E-state index contributed by atoms with van der Waals surface area (Å²) in [6.07, 6.45) is 0.348. The summed E-state index contributed by atoms with van der Waals surface area (Å²) in [6.45, 7) is 3.16. The summed E-state index contributed by atoms with van der Waals surface area (Å²) in [4.78, 5) is 20.7. The fourth-order valence-corrected chi connectivity index (χ4v) is 0.297. The predicted molar refractivity (Wildman–Crippen MR) is 41.6 cm³/mol. The summed E-state index contributed by atoms with van der Waals surface area (Å²) >= 11 is 0. The molecule has 0 spiro atoms. The van der Waals surface area contributed by atoms with Crippen molar-refractivity contribution >= 4 is 27.7 Å². The van der Waals surface area contributed by atoms with Crippen molar-refractivity contribution in [2.45, 2.75) is 0 Å². The number of hydrogen-bond donors (Lipinski definition) is 1. The quantitative estimate of drug-likeness (QED) is 0.387. The first kappa shape index (κ1) is 9.61. The van der Waals surface area contributed by atoms with E-state index in [4.69, 9.17) is 0 Å². The monoisotopic (exact) mass is 155 g/mol. The third-order valence-electron chi connectivity index (χ3n) is 0.783. The molecule has 0 aromatic heterocycles. The molecule has 0 unspecified atom stereocenters. The van der Waals surface area contributed by atoms with Crippen LogP contribution in [0.5, 0.6) is 0 Å². The topological polar surface area (TPSA) is 64.6 Å². The molecule has 0 aliphatic heterocycles. The highest BCUT2D eigenvalue weighted by Crippen LogP contribution is 1.74. The molecule has 58 valence electrons. The molecule has 0 heterocycles. The smallest absolute Gasteiger partial charge is 0.468 e. The second kappa shape index (κ2) is 5.40. The molecule has 0 bridgehead atoms. The van der Waals surface area contributed by atoms with Crippen molar-refractivity contribution in [3.05, 3.63) is 12.7 Å². The maximum atomic E-state index is 10.3. The zero-order chi connectivity index (χ0) is 8.69. The van der Waals surface area contributed by atoms with E-state index in [9.17, 15) is 9.59 Å². The van der Waals surface area contributed by atoms with Gasteiger partial charge in [0.15, 0.2) is 0 Å². The van der Waals surface area contributed by atoms with E-state index in [1.165, 1.54) is 8.05 Å². The summed E-state index contributed by atoms with van der Waals surface area (Å²) in [5, 5.41) is 2.15. The Morgan fingerprint density at radius 3 is 2.73 bits per heavy atom. The first-order chi connectivity index (χ1) is 5.20. The van der Waals surface area contributed by atoms with Crippen molar-refractivity contribution in [3.8, 4) is 0 Å². The van der Waals surface area contributed by atoms with Gasteiger partial charge >= 0.3 is 27.7 Å². The van der Waals surface area contributed by atoms with Crippen LogP contribution >= 0.6 is 0 Å². The Balaban J connectivity index is 3.34. The highest BCUT2D eigenvalue weighted by atomic mass is 16.5. The minimum absolute atomic E-state index is 0.211. The molecular weight excluding hydrogens is 148 g/mol. The molecule has 7 heteroatoms. The van der Waals surface area contributed by atoms with Crippen LogP contribution < -0.4 is 5.23 Å². The van der Waals surface area contributed by atoms with Gasteiger partial charge in [0.1, 0.15) is 0 Å². The van der Waals surface area contributed by atoms with Crippen LogP contribution in [0.1, 0.15) is 0 Å². The molecular formula is C4H7B2NO4. The Bertz CT molecular complexity index is 171. The van der Waals surface area contributed by atoms with E-state index < -0.39 is 12.1 Å². The molecule has 5 nitrogen and oxygen atoms in total. The molecule has 0 aromatic carbocycles. The SMILES string of the molecule is BOC(=O)NBOC(=O)C=C. The lowest BCUT2D eigenvalue weighted by Gasteiger charge is -2.01. The molecule has 0 saturated heterocycles. The number of carbonyl (C=O) groups excluding carboxylic acids is 2. The lowest BCUT2D eigenvalue weighted by molar-refractivity contribution is -0.129. The Morgan fingerprint density at radius 2 is 2.27 bits per heavy atom. The van der Waals surface area contributed by atoms with E-state index in [-0.39, 0.29) is 7.62 Å². The average Bonchev–Trinajstić information content (AvgIpc) is 2.04. The first-order valence-corrected chi connectivity index (χ1v) is 2.81. The van der Waals surface area contributed by atoms with Gasteiger partial charge in [-0.3, -0.25) is 0 Å². The highest BCUT2D eigenvalue weighted by Gasteiger charge is 2.01. The minimum Gasteiger partial charge on any atom is -0.529 e. The number of carbonyl (C=O) groups is 2. The maximum Gasteiger partial charge on any atom is 0.468 e. The largest absolute Gasteiger partial charge is 0.529 e. The summed E-state index contributed by atoms with van der Waals surface area (Å²) in [7, 11) is 1.00. The van der Waals surface area contributed by atoms with Crippen molar-refractivity contribution in [2.75, 3.05) is 0 Å². The Hall–Kier alpha value is -1.39. The zero-order valence-electron chi connectivity index (χ0n) is 6.12. The molecule has 0 atom stereocenters. The van der Waals surface area contributed by atoms with Crippen LogP contribution in [0.25, 0.3) is 0 Å². The van der Waals surface area contributed by atoms with Gasteiger partial charge in [0.2, 0.25) is 0 Å². The Kier molecular flexibility index (Phi) is 4.72. The lowest BCUT2D eigenvalue weighted by atomic mass is 10.3. The fraction of sp³-hybridized carbons (Fsp3) is 0. The highest BCUT2D eigenvalue weighted by molar-refractivity contribution is 6.33.